The van der Waals surface area contributed by atoms with Gasteiger partial charge in [0.2, 0.25) is 0 Å². The summed E-state index contributed by atoms with van der Waals surface area (Å²) >= 11 is 6.10. The summed E-state index contributed by atoms with van der Waals surface area (Å²) in [7, 11) is 0. The minimum absolute atomic E-state index is 0.0657. The van der Waals surface area contributed by atoms with Gasteiger partial charge >= 0.3 is 0 Å². The lowest BCUT2D eigenvalue weighted by Crippen LogP contribution is -2.42. The Bertz CT molecular complexity index is 1330. The SMILES string of the molecule is Cc1cc(C(=O)NC(c2cnc[nH]2)c2nc3ccc(Cl)cc3[nH]2)ccc1N1CCOCC1=O. The van der Waals surface area contributed by atoms with Gasteiger partial charge in [0.05, 0.1) is 35.9 Å². The monoisotopic (exact) mass is 464 g/mol. The van der Waals surface area contributed by atoms with Crippen LogP contribution in [-0.2, 0) is 9.53 Å². The predicted molar refractivity (Wildman–Crippen MR) is 123 cm³/mol. The Hall–Kier alpha value is -3.69. The first-order chi connectivity index (χ1) is 16.0. The van der Waals surface area contributed by atoms with E-state index in [9.17, 15) is 9.59 Å². The van der Waals surface area contributed by atoms with Gasteiger partial charge in [-0.3, -0.25) is 9.59 Å². The fourth-order valence-electron chi connectivity index (χ4n) is 3.94. The first kappa shape index (κ1) is 21.2. The summed E-state index contributed by atoms with van der Waals surface area (Å²) in [5, 5.41) is 3.62. The number of hydrogen-bond acceptors (Lipinski definition) is 5. The number of carbonyl (C=O) groups excluding carboxylic acids is 2. The molecule has 3 N–H and O–H groups in total. The molecule has 1 aliphatic heterocycles. The number of imidazole rings is 2. The summed E-state index contributed by atoms with van der Waals surface area (Å²) in [4.78, 5) is 42.1. The van der Waals surface area contributed by atoms with Gasteiger partial charge in [-0.1, -0.05) is 11.6 Å². The van der Waals surface area contributed by atoms with Gasteiger partial charge in [-0.25, -0.2) is 9.97 Å². The van der Waals surface area contributed by atoms with Crippen LogP contribution < -0.4 is 10.2 Å². The molecule has 0 radical (unpaired) electrons. The Labute approximate surface area is 194 Å². The van der Waals surface area contributed by atoms with Crippen LogP contribution in [0.3, 0.4) is 0 Å². The molecule has 1 unspecified atom stereocenters. The zero-order valence-corrected chi connectivity index (χ0v) is 18.5. The molecule has 0 aliphatic carbocycles. The Balaban J connectivity index is 1.43. The van der Waals surface area contributed by atoms with E-state index in [2.05, 4.69) is 25.3 Å². The average molecular weight is 465 g/mol. The van der Waals surface area contributed by atoms with E-state index in [1.54, 1.807) is 47.8 Å². The fraction of sp³-hybridized carbons (Fsp3) is 0.217. The van der Waals surface area contributed by atoms with Crippen molar-refractivity contribution in [3.63, 3.8) is 0 Å². The highest BCUT2D eigenvalue weighted by atomic mass is 35.5. The summed E-state index contributed by atoms with van der Waals surface area (Å²) in [6.07, 6.45) is 3.19. The van der Waals surface area contributed by atoms with E-state index in [1.807, 2.05) is 13.0 Å². The van der Waals surface area contributed by atoms with E-state index >= 15 is 0 Å². The van der Waals surface area contributed by atoms with Crippen molar-refractivity contribution < 1.29 is 14.3 Å². The molecule has 1 saturated heterocycles. The summed E-state index contributed by atoms with van der Waals surface area (Å²) in [6, 6.07) is 10.1. The number of carbonyl (C=O) groups is 2. The molecule has 1 atom stereocenters. The van der Waals surface area contributed by atoms with Gasteiger partial charge < -0.3 is 24.9 Å². The van der Waals surface area contributed by atoms with E-state index in [0.717, 1.165) is 22.3 Å². The number of amides is 2. The van der Waals surface area contributed by atoms with Gasteiger partial charge in [0, 0.05) is 22.8 Å². The molecule has 3 heterocycles. The molecule has 2 amide bonds. The molecule has 5 rings (SSSR count). The number of fused-ring (bicyclic) bond motifs is 1. The number of hydrogen-bond donors (Lipinski definition) is 3. The molecule has 9 nitrogen and oxygen atoms in total. The smallest absolute Gasteiger partial charge is 0.253 e. The minimum Gasteiger partial charge on any atom is -0.370 e. The van der Waals surface area contributed by atoms with Crippen LogP contribution in [-0.4, -0.2) is 51.5 Å². The highest BCUT2D eigenvalue weighted by Crippen LogP contribution is 2.26. The first-order valence-corrected chi connectivity index (χ1v) is 10.8. The number of halogens is 1. The Morgan fingerprint density at radius 3 is 2.91 bits per heavy atom. The third-order valence-electron chi connectivity index (χ3n) is 5.58. The van der Waals surface area contributed by atoms with E-state index in [-0.39, 0.29) is 18.4 Å². The average Bonchev–Trinajstić information content (AvgIpc) is 3.47. The second-order valence-electron chi connectivity index (χ2n) is 7.80. The second kappa shape index (κ2) is 8.68. The summed E-state index contributed by atoms with van der Waals surface area (Å²) in [6.45, 7) is 2.92. The molecule has 0 bridgehead atoms. The van der Waals surface area contributed by atoms with Gasteiger partial charge in [-0.2, -0.15) is 0 Å². The summed E-state index contributed by atoms with van der Waals surface area (Å²) < 4.78 is 5.21. The maximum atomic E-state index is 13.2. The Morgan fingerprint density at radius 1 is 1.27 bits per heavy atom. The normalized spacial score (nSPS) is 15.1. The van der Waals surface area contributed by atoms with Crippen LogP contribution in [0.5, 0.6) is 0 Å². The number of aryl methyl sites for hydroxylation is 1. The number of anilines is 1. The van der Waals surface area contributed by atoms with Crippen LogP contribution in [0.25, 0.3) is 11.0 Å². The predicted octanol–water partition coefficient (Wildman–Crippen LogP) is 3.13. The topological polar surface area (TPSA) is 116 Å². The lowest BCUT2D eigenvalue weighted by atomic mass is 10.1. The van der Waals surface area contributed by atoms with Crippen LogP contribution >= 0.6 is 11.6 Å². The maximum Gasteiger partial charge on any atom is 0.253 e. The van der Waals surface area contributed by atoms with Crippen LogP contribution in [0.15, 0.2) is 48.9 Å². The van der Waals surface area contributed by atoms with Crippen LogP contribution in [0.4, 0.5) is 5.69 Å². The van der Waals surface area contributed by atoms with Crippen molar-refractivity contribution in [2.45, 2.75) is 13.0 Å². The van der Waals surface area contributed by atoms with Crippen LogP contribution in [0, 0.1) is 6.92 Å². The minimum atomic E-state index is -0.577. The van der Waals surface area contributed by atoms with Crippen molar-refractivity contribution in [1.82, 2.24) is 25.3 Å². The van der Waals surface area contributed by atoms with E-state index in [4.69, 9.17) is 16.3 Å². The number of morpholine rings is 1. The molecule has 1 aliphatic rings. The van der Waals surface area contributed by atoms with Crippen molar-refractivity contribution >= 4 is 40.1 Å². The van der Waals surface area contributed by atoms with Crippen molar-refractivity contribution in [3.05, 3.63) is 76.6 Å². The fourth-order valence-corrected chi connectivity index (χ4v) is 4.12. The van der Waals surface area contributed by atoms with Crippen molar-refractivity contribution in [3.8, 4) is 0 Å². The molecule has 2 aromatic carbocycles. The number of rotatable bonds is 5. The third kappa shape index (κ3) is 4.20. The molecule has 4 aromatic rings. The zero-order valence-electron chi connectivity index (χ0n) is 17.8. The molecule has 168 valence electrons. The Morgan fingerprint density at radius 2 is 2.15 bits per heavy atom. The van der Waals surface area contributed by atoms with Crippen molar-refractivity contribution in [2.24, 2.45) is 0 Å². The number of ether oxygens (including phenoxy) is 1. The van der Waals surface area contributed by atoms with Gasteiger partial charge in [0.1, 0.15) is 18.5 Å². The molecular formula is C23H21ClN6O3. The molecule has 0 saturated carbocycles. The summed E-state index contributed by atoms with van der Waals surface area (Å²) in [5.41, 5.74) is 4.27. The molecule has 1 fully saturated rings. The number of benzene rings is 2. The highest BCUT2D eigenvalue weighted by Gasteiger charge is 2.25. The van der Waals surface area contributed by atoms with Crippen molar-refractivity contribution in [2.75, 3.05) is 24.7 Å². The van der Waals surface area contributed by atoms with Gasteiger partial charge in [0.15, 0.2) is 0 Å². The van der Waals surface area contributed by atoms with E-state index < -0.39 is 6.04 Å². The third-order valence-corrected chi connectivity index (χ3v) is 5.81. The van der Waals surface area contributed by atoms with Crippen LogP contribution in [0.1, 0.15) is 33.5 Å². The number of aromatic nitrogens is 4. The van der Waals surface area contributed by atoms with Crippen molar-refractivity contribution in [1.29, 1.82) is 0 Å². The molecule has 0 spiro atoms. The number of aromatic amines is 2. The number of nitrogens with one attached hydrogen (secondary N) is 3. The quantitative estimate of drug-likeness (QED) is 0.419. The van der Waals surface area contributed by atoms with Gasteiger partial charge in [-0.15, -0.1) is 0 Å². The highest BCUT2D eigenvalue weighted by molar-refractivity contribution is 6.31. The molecule has 10 heteroatoms. The molecule has 33 heavy (non-hydrogen) atoms. The van der Waals surface area contributed by atoms with E-state index in [1.165, 1.54) is 0 Å². The zero-order chi connectivity index (χ0) is 22.9. The summed E-state index contributed by atoms with van der Waals surface area (Å²) in [5.74, 6) is 0.180. The standard InChI is InChI=1S/C23H21ClN6O3/c1-13-8-14(2-5-19(13)30-6-7-33-11-20(30)31)23(32)29-21(18-10-25-12-26-18)22-27-16-4-3-15(24)9-17(16)28-22/h2-5,8-10,12,21H,6-7,11H2,1H3,(H,25,26)(H,27,28)(H,29,32). The lowest BCUT2D eigenvalue weighted by Gasteiger charge is -2.28. The van der Waals surface area contributed by atoms with Gasteiger partial charge in [-0.05, 0) is 48.9 Å². The lowest BCUT2D eigenvalue weighted by molar-refractivity contribution is -0.125. The van der Waals surface area contributed by atoms with E-state index in [0.29, 0.717) is 35.3 Å². The number of H-pyrrole nitrogens is 2. The Kier molecular flexibility index (Phi) is 5.57. The second-order valence-corrected chi connectivity index (χ2v) is 8.23. The molecular weight excluding hydrogens is 444 g/mol. The largest absolute Gasteiger partial charge is 0.370 e. The van der Waals surface area contributed by atoms with Crippen LogP contribution in [0.2, 0.25) is 5.02 Å². The first-order valence-electron chi connectivity index (χ1n) is 10.4. The molecule has 2 aromatic heterocycles. The maximum absolute atomic E-state index is 13.2. The number of nitrogens with zero attached hydrogens (tertiary/aromatic N) is 3. The van der Waals surface area contributed by atoms with Gasteiger partial charge in [0.25, 0.3) is 11.8 Å².